The molecule has 3 aromatic heterocycles. The minimum absolute atomic E-state index is 0. The number of aromatic nitrogens is 4. The van der Waals surface area contributed by atoms with Crippen molar-refractivity contribution >= 4 is 72.2 Å². The molecule has 7 aromatic rings. The Labute approximate surface area is 303 Å². The maximum atomic E-state index is 5.29. The molecule has 0 unspecified atom stereocenters. The van der Waals surface area contributed by atoms with Gasteiger partial charge in [-0.2, -0.15) is 0 Å². The van der Waals surface area contributed by atoms with Crippen molar-refractivity contribution in [3.8, 4) is 39.1 Å². The fourth-order valence-corrected chi connectivity index (χ4v) is 6.81. The molecule has 2 aliphatic heterocycles. The summed E-state index contributed by atoms with van der Waals surface area (Å²) in [4.78, 5) is 13.9. The van der Waals surface area contributed by atoms with Crippen molar-refractivity contribution < 1.29 is 0 Å². The van der Waals surface area contributed by atoms with Crippen LogP contribution in [0.5, 0.6) is 0 Å². The summed E-state index contributed by atoms with van der Waals surface area (Å²) in [6.07, 6.45) is 8.44. The Morgan fingerprint density at radius 3 is 1.49 bits per heavy atom. The molecular weight excluding hydrogens is 699 g/mol. The number of nitrogens with one attached hydrogen (secondary N) is 1. The largest absolute Gasteiger partial charge is 0.355 e. The minimum Gasteiger partial charge on any atom is -0.355 e. The third-order valence-electron chi connectivity index (χ3n) is 8.87. The Bertz CT molecular complexity index is 2530. The monoisotopic (exact) mass is 729 g/mol. The summed E-state index contributed by atoms with van der Waals surface area (Å²) in [6.45, 7) is 0. The average molecular weight is 730 g/mol. The van der Waals surface area contributed by atoms with E-state index in [9.17, 15) is 0 Å². The Kier molecular flexibility index (Phi) is 8.20. The van der Waals surface area contributed by atoms with E-state index in [2.05, 4.69) is 186 Å². The molecule has 3 radical (unpaired) electrons. The van der Waals surface area contributed by atoms with E-state index < -0.39 is 0 Å². The summed E-state index contributed by atoms with van der Waals surface area (Å²) >= 11 is 0. The third kappa shape index (κ3) is 5.77. The molecule has 4 aromatic carbocycles. The number of hydrogen-bond donors (Lipinski definition) is 1. The number of nitrogens with zero attached hydrogens (tertiary/aromatic N) is 3. The molecule has 2 aliphatic rings. The zero-order valence-electron chi connectivity index (χ0n) is 26.7. The van der Waals surface area contributed by atoms with Gasteiger partial charge in [-0.05, 0) is 83.5 Å². The van der Waals surface area contributed by atoms with Crippen LogP contribution in [0.25, 0.3) is 85.4 Å². The van der Waals surface area contributed by atoms with Gasteiger partial charge in [-0.1, -0.05) is 109 Å². The fraction of sp³-hybridized carbons (Fsp3) is 0. The van der Waals surface area contributed by atoms with Crippen LogP contribution in [0.3, 0.4) is 0 Å². The summed E-state index contributed by atoms with van der Waals surface area (Å²) in [6, 6.07) is 53.3. The van der Waals surface area contributed by atoms with Gasteiger partial charge in [0.25, 0.3) is 0 Å². The van der Waals surface area contributed by atoms with Gasteiger partial charge < -0.3 is 9.55 Å². The smallest absolute Gasteiger partial charge is 0.0737 e. The Morgan fingerprint density at radius 1 is 0.429 bits per heavy atom. The first-order valence-corrected chi connectivity index (χ1v) is 16.2. The zero-order chi connectivity index (χ0) is 31.9. The molecule has 0 atom stereocenters. The molecule has 8 bridgehead atoms. The predicted molar refractivity (Wildman–Crippen MR) is 206 cm³/mol. The van der Waals surface area contributed by atoms with Crippen molar-refractivity contribution in [2.45, 2.75) is 0 Å². The average Bonchev–Trinajstić information content (AvgIpc) is 3.95. The van der Waals surface area contributed by atoms with Crippen molar-refractivity contribution in [1.82, 2.24) is 19.5 Å². The molecule has 0 spiro atoms. The van der Waals surface area contributed by atoms with Gasteiger partial charge in [0, 0.05) is 59.3 Å². The predicted octanol–water partition coefficient (Wildman–Crippen LogP) is 10.7. The number of benzene rings is 4. The topological polar surface area (TPSA) is 46.5 Å². The zero-order valence-corrected chi connectivity index (χ0v) is 30.0. The Morgan fingerprint density at radius 2 is 0.898 bits per heavy atom. The molecule has 1 N–H and O–H groups in total. The van der Waals surface area contributed by atoms with Crippen LogP contribution in [-0.4, -0.2) is 45.4 Å². The summed E-state index contributed by atoms with van der Waals surface area (Å²) in [5.74, 6) is 0. The van der Waals surface area contributed by atoms with Crippen molar-refractivity contribution in [2.75, 3.05) is 0 Å². The van der Waals surface area contributed by atoms with E-state index in [1.54, 1.807) is 0 Å². The molecule has 0 aliphatic carbocycles. The minimum atomic E-state index is 0. The molecule has 0 saturated heterocycles. The molecule has 0 fully saturated rings. The SMILES string of the molecule is C1=Cc2cc3c(-c4ccccc4)c(-c4ccccc4)c(c(-c4ccccc4)c4nc(cc5ccc(cc1n2)[nH]5)C=C4)n3-c1ccccc1.[In]. The molecule has 49 heavy (non-hydrogen) atoms. The summed E-state index contributed by atoms with van der Waals surface area (Å²) in [7, 11) is 0. The first kappa shape index (κ1) is 30.7. The van der Waals surface area contributed by atoms with Gasteiger partial charge in [-0.3, -0.25) is 0 Å². The van der Waals surface area contributed by atoms with Crippen LogP contribution < -0.4 is 0 Å². The van der Waals surface area contributed by atoms with Crippen LogP contribution in [-0.2, 0) is 0 Å². The second-order valence-corrected chi connectivity index (χ2v) is 12.0. The quantitative estimate of drug-likeness (QED) is 0.196. The van der Waals surface area contributed by atoms with E-state index in [0.717, 1.165) is 83.9 Å². The van der Waals surface area contributed by atoms with Crippen LogP contribution in [0.15, 0.2) is 152 Å². The van der Waals surface area contributed by atoms with Crippen molar-refractivity contribution in [2.24, 2.45) is 0 Å². The maximum Gasteiger partial charge on any atom is 0.0737 e. The second-order valence-electron chi connectivity index (χ2n) is 12.0. The van der Waals surface area contributed by atoms with E-state index in [-0.39, 0.29) is 25.8 Å². The van der Waals surface area contributed by atoms with E-state index >= 15 is 0 Å². The van der Waals surface area contributed by atoms with Gasteiger partial charge in [0.1, 0.15) is 0 Å². The first-order valence-electron chi connectivity index (χ1n) is 16.2. The molecule has 9 rings (SSSR count). The van der Waals surface area contributed by atoms with Gasteiger partial charge in [-0.25, -0.2) is 9.97 Å². The van der Waals surface area contributed by atoms with Crippen molar-refractivity contribution in [3.05, 3.63) is 174 Å². The molecule has 4 nitrogen and oxygen atoms in total. The van der Waals surface area contributed by atoms with Gasteiger partial charge in [-0.15, -0.1) is 0 Å². The van der Waals surface area contributed by atoms with Crippen LogP contribution in [0.1, 0.15) is 22.8 Å². The number of rotatable bonds is 4. The summed E-state index contributed by atoms with van der Waals surface area (Å²) in [5, 5.41) is 0. The third-order valence-corrected chi connectivity index (χ3v) is 8.87. The second kappa shape index (κ2) is 13.1. The van der Waals surface area contributed by atoms with E-state index in [0.29, 0.717) is 0 Å². The fourth-order valence-electron chi connectivity index (χ4n) is 6.81. The number of fused-ring (bicyclic) bond motifs is 8. The number of H-pyrrole nitrogens is 1. The molecular formula is C44H30InN4. The number of aromatic amines is 1. The van der Waals surface area contributed by atoms with Crippen LogP contribution in [0.2, 0.25) is 0 Å². The van der Waals surface area contributed by atoms with Crippen LogP contribution in [0.4, 0.5) is 0 Å². The number of hydrogen-bond acceptors (Lipinski definition) is 2. The Balaban J connectivity index is 0.00000348. The van der Waals surface area contributed by atoms with Gasteiger partial charge >= 0.3 is 0 Å². The maximum absolute atomic E-state index is 5.29. The number of para-hydroxylation sites is 1. The first-order chi connectivity index (χ1) is 23.8. The normalized spacial score (nSPS) is 11.8. The molecule has 5 heterocycles. The van der Waals surface area contributed by atoms with E-state index in [1.165, 1.54) is 0 Å². The van der Waals surface area contributed by atoms with E-state index in [1.807, 2.05) is 0 Å². The van der Waals surface area contributed by atoms with Crippen molar-refractivity contribution in [1.29, 1.82) is 0 Å². The molecule has 5 heteroatoms. The standard InChI is InChI=1S/C44H30N4.In/c1-5-13-30(14-6-1)41-39-26-25-36(47-39)28-35-22-21-33(45-35)27-34-23-24-37(46-34)29-40-42(31-15-7-2-8-16-31)43(32-17-9-3-10-18-32)44(41)48(40)38-19-11-4-12-20-38;/h1-29,45H;. The Hall–Kier alpha value is -5.65. The van der Waals surface area contributed by atoms with Crippen molar-refractivity contribution in [3.63, 3.8) is 0 Å². The molecule has 0 amide bonds. The summed E-state index contributed by atoms with van der Waals surface area (Å²) < 4.78 is 2.41. The molecule has 229 valence electrons. The van der Waals surface area contributed by atoms with Gasteiger partial charge in [0.2, 0.25) is 0 Å². The van der Waals surface area contributed by atoms with Gasteiger partial charge in [0.05, 0.1) is 33.8 Å². The van der Waals surface area contributed by atoms with Crippen LogP contribution in [0, 0.1) is 0 Å². The van der Waals surface area contributed by atoms with Crippen LogP contribution >= 0.6 is 0 Å². The van der Waals surface area contributed by atoms with Gasteiger partial charge in [0.15, 0.2) is 0 Å². The molecule has 0 saturated carbocycles. The van der Waals surface area contributed by atoms with E-state index in [4.69, 9.17) is 9.97 Å². The summed E-state index contributed by atoms with van der Waals surface area (Å²) in [5.41, 5.74) is 15.4.